The Kier molecular flexibility index (Phi) is 2.74. The van der Waals surface area contributed by atoms with Crippen molar-refractivity contribution < 1.29 is 0 Å². The molecular weight excluding hydrogens is 228 g/mol. The molecule has 0 radical (unpaired) electrons. The number of hydrogen-bond donors (Lipinski definition) is 0. The molecular formula is C16H13Cl. The summed E-state index contributed by atoms with van der Waals surface area (Å²) in [6, 6.07) is 16.8. The minimum Gasteiger partial charge on any atom is -0.0843 e. The molecule has 0 nitrogen and oxygen atoms in total. The number of benzene rings is 2. The van der Waals surface area contributed by atoms with Gasteiger partial charge >= 0.3 is 0 Å². The van der Waals surface area contributed by atoms with Crippen LogP contribution >= 0.6 is 11.6 Å². The zero-order chi connectivity index (χ0) is 11.7. The van der Waals surface area contributed by atoms with Crippen LogP contribution in [-0.4, -0.2) is 0 Å². The zero-order valence-electron chi connectivity index (χ0n) is 9.44. The predicted molar refractivity (Wildman–Crippen MR) is 73.4 cm³/mol. The Morgan fingerprint density at radius 2 is 1.71 bits per heavy atom. The summed E-state index contributed by atoms with van der Waals surface area (Å²) < 4.78 is 0. The molecule has 0 aliphatic heterocycles. The molecule has 0 bridgehead atoms. The predicted octanol–water partition coefficient (Wildman–Crippen LogP) is 4.89. The molecule has 1 atom stereocenters. The number of rotatable bonds is 1. The van der Waals surface area contributed by atoms with Gasteiger partial charge in [-0.25, -0.2) is 0 Å². The highest BCUT2D eigenvalue weighted by atomic mass is 35.5. The first-order valence-corrected chi connectivity index (χ1v) is 6.23. The molecule has 0 saturated heterocycles. The number of halogens is 1. The summed E-state index contributed by atoms with van der Waals surface area (Å²) in [5, 5.41) is 0.799. The Hall–Kier alpha value is -1.53. The van der Waals surface area contributed by atoms with Crippen molar-refractivity contribution in [2.75, 3.05) is 0 Å². The van der Waals surface area contributed by atoms with Crippen LogP contribution in [0.25, 0.3) is 6.08 Å². The van der Waals surface area contributed by atoms with Crippen molar-refractivity contribution in [3.05, 3.63) is 76.3 Å². The van der Waals surface area contributed by atoms with Gasteiger partial charge in [-0.1, -0.05) is 60.2 Å². The maximum Gasteiger partial charge on any atom is 0.0406 e. The fourth-order valence-corrected chi connectivity index (χ4v) is 2.57. The Bertz CT molecular complexity index is 552. The van der Waals surface area contributed by atoms with Crippen LogP contribution in [0.15, 0.2) is 54.6 Å². The molecule has 0 heterocycles. The van der Waals surface area contributed by atoms with E-state index >= 15 is 0 Å². The lowest BCUT2D eigenvalue weighted by Gasteiger charge is -2.22. The molecule has 0 N–H and O–H groups in total. The first-order valence-electron chi connectivity index (χ1n) is 5.85. The molecule has 84 valence electrons. The van der Waals surface area contributed by atoms with Gasteiger partial charge in [-0.2, -0.15) is 0 Å². The van der Waals surface area contributed by atoms with Gasteiger partial charge in [0, 0.05) is 10.9 Å². The molecule has 1 heteroatoms. The molecule has 0 aromatic heterocycles. The highest BCUT2D eigenvalue weighted by molar-refractivity contribution is 6.30. The molecule has 0 amide bonds. The summed E-state index contributed by atoms with van der Waals surface area (Å²) in [4.78, 5) is 0. The van der Waals surface area contributed by atoms with Crippen LogP contribution in [0.2, 0.25) is 5.02 Å². The van der Waals surface area contributed by atoms with E-state index in [0.717, 1.165) is 11.4 Å². The van der Waals surface area contributed by atoms with Gasteiger partial charge in [0.1, 0.15) is 0 Å². The van der Waals surface area contributed by atoms with Gasteiger partial charge in [-0.05, 0) is 35.2 Å². The molecule has 3 rings (SSSR count). The van der Waals surface area contributed by atoms with Gasteiger partial charge in [0.25, 0.3) is 0 Å². The minimum absolute atomic E-state index is 0.466. The van der Waals surface area contributed by atoms with Crippen LogP contribution < -0.4 is 0 Å². The SMILES string of the molecule is Clc1ccc(C2CC=Cc3ccccc32)cc1. The Labute approximate surface area is 107 Å². The van der Waals surface area contributed by atoms with Crippen LogP contribution in [0, 0.1) is 0 Å². The molecule has 1 unspecified atom stereocenters. The molecule has 1 aliphatic rings. The van der Waals surface area contributed by atoms with Crippen LogP contribution in [0.1, 0.15) is 29.0 Å². The Morgan fingerprint density at radius 3 is 2.53 bits per heavy atom. The van der Waals surface area contributed by atoms with Crippen molar-refractivity contribution >= 4 is 17.7 Å². The summed E-state index contributed by atoms with van der Waals surface area (Å²) in [6.45, 7) is 0. The second-order valence-electron chi connectivity index (χ2n) is 4.37. The number of hydrogen-bond acceptors (Lipinski definition) is 0. The second kappa shape index (κ2) is 4.38. The highest BCUT2D eigenvalue weighted by Crippen LogP contribution is 2.35. The quantitative estimate of drug-likeness (QED) is 0.666. The van der Waals surface area contributed by atoms with E-state index in [2.05, 4.69) is 48.6 Å². The lowest BCUT2D eigenvalue weighted by Crippen LogP contribution is -2.05. The first-order chi connectivity index (χ1) is 8.34. The van der Waals surface area contributed by atoms with Crippen molar-refractivity contribution in [1.82, 2.24) is 0 Å². The molecule has 2 aromatic carbocycles. The van der Waals surface area contributed by atoms with Gasteiger partial charge in [0.15, 0.2) is 0 Å². The fraction of sp³-hybridized carbons (Fsp3) is 0.125. The van der Waals surface area contributed by atoms with Gasteiger partial charge < -0.3 is 0 Å². The van der Waals surface area contributed by atoms with E-state index in [1.165, 1.54) is 16.7 Å². The van der Waals surface area contributed by atoms with Crippen LogP contribution in [0.3, 0.4) is 0 Å². The molecule has 0 spiro atoms. The lowest BCUT2D eigenvalue weighted by atomic mass is 9.82. The van der Waals surface area contributed by atoms with E-state index in [1.807, 2.05) is 12.1 Å². The normalized spacial score (nSPS) is 17.8. The molecule has 1 aliphatic carbocycles. The van der Waals surface area contributed by atoms with E-state index in [1.54, 1.807) is 0 Å². The molecule has 0 fully saturated rings. The Morgan fingerprint density at radius 1 is 0.941 bits per heavy atom. The summed E-state index contributed by atoms with van der Waals surface area (Å²) >= 11 is 5.94. The van der Waals surface area contributed by atoms with Crippen LogP contribution in [0.4, 0.5) is 0 Å². The monoisotopic (exact) mass is 240 g/mol. The molecule has 0 saturated carbocycles. The highest BCUT2D eigenvalue weighted by Gasteiger charge is 2.17. The zero-order valence-corrected chi connectivity index (χ0v) is 10.2. The largest absolute Gasteiger partial charge is 0.0843 e. The van der Waals surface area contributed by atoms with Crippen molar-refractivity contribution in [3.8, 4) is 0 Å². The third kappa shape index (κ3) is 2.01. The van der Waals surface area contributed by atoms with Crippen molar-refractivity contribution in [2.45, 2.75) is 12.3 Å². The standard InChI is InChI=1S/C16H13Cl/c17-14-10-8-13(9-11-14)16-7-3-5-12-4-1-2-6-15(12)16/h1-6,8-11,16H,7H2. The molecule has 17 heavy (non-hydrogen) atoms. The van der Waals surface area contributed by atoms with E-state index < -0.39 is 0 Å². The fourth-order valence-electron chi connectivity index (χ4n) is 2.45. The average Bonchev–Trinajstić information content (AvgIpc) is 2.39. The van der Waals surface area contributed by atoms with Gasteiger partial charge in [0.05, 0.1) is 0 Å². The van der Waals surface area contributed by atoms with Crippen molar-refractivity contribution in [2.24, 2.45) is 0 Å². The summed E-state index contributed by atoms with van der Waals surface area (Å²) in [6.07, 6.45) is 5.53. The Balaban J connectivity index is 2.05. The number of fused-ring (bicyclic) bond motifs is 1. The first kappa shape index (κ1) is 10.6. The summed E-state index contributed by atoms with van der Waals surface area (Å²) in [5.74, 6) is 0.466. The topological polar surface area (TPSA) is 0 Å². The van der Waals surface area contributed by atoms with E-state index in [4.69, 9.17) is 11.6 Å². The second-order valence-corrected chi connectivity index (χ2v) is 4.81. The van der Waals surface area contributed by atoms with Crippen LogP contribution in [-0.2, 0) is 0 Å². The summed E-state index contributed by atoms with van der Waals surface area (Å²) in [5.41, 5.74) is 4.09. The van der Waals surface area contributed by atoms with E-state index in [0.29, 0.717) is 5.92 Å². The van der Waals surface area contributed by atoms with Crippen molar-refractivity contribution in [1.29, 1.82) is 0 Å². The van der Waals surface area contributed by atoms with E-state index in [-0.39, 0.29) is 0 Å². The lowest BCUT2D eigenvalue weighted by molar-refractivity contribution is 0.819. The van der Waals surface area contributed by atoms with E-state index in [9.17, 15) is 0 Å². The minimum atomic E-state index is 0.466. The molecule has 2 aromatic rings. The van der Waals surface area contributed by atoms with Gasteiger partial charge in [-0.3, -0.25) is 0 Å². The maximum absolute atomic E-state index is 5.94. The smallest absolute Gasteiger partial charge is 0.0406 e. The summed E-state index contributed by atoms with van der Waals surface area (Å²) in [7, 11) is 0. The van der Waals surface area contributed by atoms with Gasteiger partial charge in [0.2, 0.25) is 0 Å². The third-order valence-corrected chi connectivity index (χ3v) is 3.56. The van der Waals surface area contributed by atoms with Crippen LogP contribution in [0.5, 0.6) is 0 Å². The van der Waals surface area contributed by atoms with Crippen molar-refractivity contribution in [3.63, 3.8) is 0 Å². The van der Waals surface area contributed by atoms with Gasteiger partial charge in [-0.15, -0.1) is 0 Å². The maximum atomic E-state index is 5.94. The number of allylic oxidation sites excluding steroid dienone is 1. The third-order valence-electron chi connectivity index (χ3n) is 3.31. The average molecular weight is 241 g/mol.